The van der Waals surface area contributed by atoms with E-state index < -0.39 is 36.9 Å². The Labute approximate surface area is 186 Å². The predicted octanol–water partition coefficient (Wildman–Crippen LogP) is 2.33. The fourth-order valence-corrected chi connectivity index (χ4v) is 0. The van der Waals surface area contributed by atoms with Crippen LogP contribution < -0.4 is 0 Å². The number of carbonyl (C=O) groups is 6. The topological polar surface area (TPSA) is 345 Å². The molecule has 0 bridgehead atoms. The van der Waals surface area contributed by atoms with Gasteiger partial charge in [0.15, 0.2) is 0 Å². The normalized spacial score (nSPS) is 5.33. The molecule has 0 heterocycles. The average molecular weight is 560 g/mol. The summed E-state index contributed by atoms with van der Waals surface area (Å²) in [5.41, 5.74) is 0. The van der Waals surface area contributed by atoms with Crippen LogP contribution in [0.1, 0.15) is 2.85 Å². The molecule has 0 saturated heterocycles. The third-order valence-corrected chi connectivity index (χ3v) is 0. The fraction of sp³-hybridized carbons (Fsp3) is 0. The summed E-state index contributed by atoms with van der Waals surface area (Å²) >= 11 is 0. The Morgan fingerprint density at radius 2 is 0.333 bits per heavy atom. The molecule has 0 unspecified atom stereocenters. The number of rotatable bonds is 0. The van der Waals surface area contributed by atoms with Crippen LogP contribution in [0.15, 0.2) is 0 Å². The first-order chi connectivity index (χ1) is 10.4. The van der Waals surface area contributed by atoms with E-state index in [-0.39, 0.29) is 59.9 Å². The van der Waals surface area contributed by atoms with E-state index in [1.54, 1.807) is 0 Å². The van der Waals surface area contributed by atoms with Gasteiger partial charge in [-0.05, 0) is 0 Å². The van der Waals surface area contributed by atoms with E-state index in [1.807, 2.05) is 0 Å². The van der Waals surface area contributed by atoms with Crippen LogP contribution >= 0.6 is 34.0 Å². The Morgan fingerprint density at radius 1 is 0.333 bits per heavy atom. The second kappa shape index (κ2) is 49.5. The van der Waals surface area contributed by atoms with Gasteiger partial charge in [0, 0.05) is 0 Å². The molecule has 0 radical (unpaired) electrons. The molecule has 0 aromatic carbocycles. The van der Waals surface area contributed by atoms with E-state index in [4.69, 9.17) is 90.0 Å². The third kappa shape index (κ3) is 1510. The first kappa shape index (κ1) is 56.3. The Morgan fingerprint density at radius 3 is 0.333 bits per heavy atom. The van der Waals surface area contributed by atoms with Crippen molar-refractivity contribution in [3.05, 3.63) is 0 Å². The Kier molecular flexibility index (Phi) is 103. The largest absolute Gasteiger partial charge is 2.00 e. The fourth-order valence-electron chi connectivity index (χ4n) is 0. The van der Waals surface area contributed by atoms with Gasteiger partial charge in [0.25, 0.3) is 0 Å². The van der Waals surface area contributed by atoms with Gasteiger partial charge in [0.05, 0.1) is 0 Å². The molecule has 0 rings (SSSR count). The van der Waals surface area contributed by atoms with Gasteiger partial charge >= 0.3 is 60.0 Å². The van der Waals surface area contributed by atoms with Crippen LogP contribution in [0, 0.1) is 0 Å². The van der Waals surface area contributed by atoms with E-state index >= 15 is 0 Å². The van der Waals surface area contributed by atoms with Crippen molar-refractivity contribution in [1.29, 1.82) is 0 Å². The minimum atomic E-state index is -1.83. The standard InChI is InChI=1S/6CH2O3.2BrH.Mg.2H/c6*2-1(3)4;;;;;/h6*(H2,2,3,4);2*1H;;;/q;;;;;;;;+2;2*-1. The van der Waals surface area contributed by atoms with Crippen molar-refractivity contribution in [2.45, 2.75) is 0 Å². The van der Waals surface area contributed by atoms with Gasteiger partial charge in [-0.25, -0.2) is 28.8 Å². The van der Waals surface area contributed by atoms with E-state index in [2.05, 4.69) is 0 Å². The summed E-state index contributed by atoms with van der Waals surface area (Å²) in [5.74, 6) is 0. The van der Waals surface area contributed by atoms with Crippen LogP contribution in [-0.4, -0.2) is 121 Å². The molecule has 0 aromatic rings. The van der Waals surface area contributed by atoms with E-state index in [0.29, 0.717) is 0 Å². The van der Waals surface area contributed by atoms with Crippen molar-refractivity contribution in [2.24, 2.45) is 0 Å². The van der Waals surface area contributed by atoms with Crippen LogP contribution in [0.4, 0.5) is 28.8 Å². The van der Waals surface area contributed by atoms with Gasteiger partial charge in [-0.3, -0.25) is 0 Å². The smallest absolute Gasteiger partial charge is 1.00 e. The summed E-state index contributed by atoms with van der Waals surface area (Å²) in [6.45, 7) is 0. The van der Waals surface area contributed by atoms with Crippen LogP contribution in [0.3, 0.4) is 0 Å². The monoisotopic (exact) mass is 558 g/mol. The zero-order chi connectivity index (χ0) is 21.5. The van der Waals surface area contributed by atoms with E-state index in [9.17, 15) is 0 Å². The molecular formula is C6H16Br2MgO18. The first-order valence-electron chi connectivity index (χ1n) is 3.91. The molecule has 0 aliphatic rings. The summed E-state index contributed by atoms with van der Waals surface area (Å²) in [7, 11) is 0. The van der Waals surface area contributed by atoms with E-state index in [1.165, 1.54) is 0 Å². The van der Waals surface area contributed by atoms with Crippen molar-refractivity contribution in [3.63, 3.8) is 0 Å². The molecular weight excluding hydrogens is 544 g/mol. The van der Waals surface area contributed by atoms with Gasteiger partial charge in [0.2, 0.25) is 0 Å². The molecule has 0 aliphatic carbocycles. The summed E-state index contributed by atoms with van der Waals surface area (Å²) in [5, 5.41) is 83.7. The summed E-state index contributed by atoms with van der Waals surface area (Å²) in [6, 6.07) is 0. The van der Waals surface area contributed by atoms with Gasteiger partial charge in [-0.2, -0.15) is 0 Å². The van der Waals surface area contributed by atoms with Crippen LogP contribution in [-0.2, 0) is 0 Å². The quantitative estimate of drug-likeness (QED) is 0.189. The Hall–Kier alpha value is -2.65. The molecule has 12 N–H and O–H groups in total. The second-order valence-corrected chi connectivity index (χ2v) is 1.70. The van der Waals surface area contributed by atoms with Crippen molar-refractivity contribution in [2.75, 3.05) is 0 Å². The van der Waals surface area contributed by atoms with Crippen molar-refractivity contribution in [1.82, 2.24) is 0 Å². The average Bonchev–Trinajstić information content (AvgIpc) is 2.08. The molecule has 0 spiro atoms. The molecule has 27 heavy (non-hydrogen) atoms. The molecule has 0 aromatic heterocycles. The molecule has 18 nitrogen and oxygen atoms in total. The molecule has 0 fully saturated rings. The zero-order valence-electron chi connectivity index (χ0n) is 14.3. The van der Waals surface area contributed by atoms with Crippen molar-refractivity contribution < 1.29 is 92.9 Å². The maximum absolute atomic E-state index is 8.56. The van der Waals surface area contributed by atoms with Crippen LogP contribution in [0.5, 0.6) is 0 Å². The minimum absolute atomic E-state index is 0. The zero-order valence-corrected chi connectivity index (χ0v) is 17.2. The van der Waals surface area contributed by atoms with Crippen LogP contribution in [0.2, 0.25) is 0 Å². The third-order valence-electron chi connectivity index (χ3n) is 0. The molecule has 164 valence electrons. The first-order valence-corrected chi connectivity index (χ1v) is 3.91. The minimum Gasteiger partial charge on any atom is -1.00 e. The van der Waals surface area contributed by atoms with Crippen LogP contribution in [0.25, 0.3) is 0 Å². The summed E-state index contributed by atoms with van der Waals surface area (Å²) < 4.78 is 0. The Balaban J connectivity index is -0.0000000144. The van der Waals surface area contributed by atoms with Crippen molar-refractivity contribution >= 4 is 93.9 Å². The SMILES string of the molecule is Br.Br.O=C(O)O.O=C(O)O.O=C(O)O.O=C(O)O.O=C(O)O.O=C(O)O.[H-].[H-].[Mg+2]. The maximum Gasteiger partial charge on any atom is 2.00 e. The Bertz CT molecular complexity index is 277. The molecule has 0 aliphatic heterocycles. The molecule has 0 amide bonds. The number of halogens is 2. The summed E-state index contributed by atoms with van der Waals surface area (Å²) in [4.78, 5) is 51.3. The predicted molar refractivity (Wildman–Crippen MR) is 92.5 cm³/mol. The number of hydrogen-bond donors (Lipinski definition) is 12. The van der Waals surface area contributed by atoms with Gasteiger partial charge in [0.1, 0.15) is 0 Å². The van der Waals surface area contributed by atoms with Gasteiger partial charge in [-0.15, -0.1) is 34.0 Å². The van der Waals surface area contributed by atoms with Gasteiger partial charge in [-0.1, -0.05) is 0 Å². The summed E-state index contributed by atoms with van der Waals surface area (Å²) in [6.07, 6.45) is -11.0. The molecule has 21 heteroatoms. The molecule has 0 atom stereocenters. The van der Waals surface area contributed by atoms with Gasteiger partial charge < -0.3 is 64.1 Å². The number of carboxylic acid groups (broad SMARTS) is 12. The maximum atomic E-state index is 8.56. The second-order valence-electron chi connectivity index (χ2n) is 1.70. The van der Waals surface area contributed by atoms with Crippen molar-refractivity contribution in [3.8, 4) is 0 Å². The van der Waals surface area contributed by atoms with E-state index in [0.717, 1.165) is 0 Å². The number of hydrogen-bond acceptors (Lipinski definition) is 6. The molecule has 0 saturated carbocycles.